The van der Waals surface area contributed by atoms with Crippen LogP contribution < -0.4 is 0 Å². The van der Waals surface area contributed by atoms with Crippen molar-refractivity contribution in [2.24, 2.45) is 0 Å². The second-order valence-corrected chi connectivity index (χ2v) is 6.89. The first-order chi connectivity index (χ1) is 13.7. The van der Waals surface area contributed by atoms with Gasteiger partial charge in [-0.2, -0.15) is 0 Å². The number of benzene rings is 4. The number of hydrogen-bond acceptors (Lipinski definition) is 3. The molecular weight excluding hydrogens is 348 g/mol. The first kappa shape index (κ1) is 16.5. The monoisotopic (exact) mass is 366 g/mol. The minimum atomic E-state index is -0.452. The molecule has 3 heteroatoms. The van der Waals surface area contributed by atoms with Crippen molar-refractivity contribution in [2.75, 3.05) is 0 Å². The van der Waals surface area contributed by atoms with E-state index in [0.717, 1.165) is 32.7 Å². The van der Waals surface area contributed by atoms with Gasteiger partial charge in [0.1, 0.15) is 17.3 Å². The average molecular weight is 366 g/mol. The molecule has 0 unspecified atom stereocenters. The van der Waals surface area contributed by atoms with Crippen LogP contribution in [0, 0.1) is 0 Å². The van der Waals surface area contributed by atoms with Crippen molar-refractivity contribution in [1.82, 2.24) is 0 Å². The predicted molar refractivity (Wildman–Crippen MR) is 111 cm³/mol. The van der Waals surface area contributed by atoms with E-state index in [1.54, 1.807) is 18.4 Å². The van der Waals surface area contributed by atoms with Gasteiger partial charge in [-0.1, -0.05) is 60.7 Å². The lowest BCUT2D eigenvalue weighted by Gasteiger charge is -2.22. The molecule has 1 heterocycles. The molecule has 0 spiro atoms. The summed E-state index contributed by atoms with van der Waals surface area (Å²) in [4.78, 5) is 0. The Labute approximate surface area is 162 Å². The maximum absolute atomic E-state index is 10.9. The van der Waals surface area contributed by atoms with Gasteiger partial charge in [0.15, 0.2) is 0 Å². The fourth-order valence-electron chi connectivity index (χ4n) is 4.06. The molecular formula is C25H18O3. The van der Waals surface area contributed by atoms with Crippen LogP contribution in [0.5, 0.6) is 11.5 Å². The van der Waals surface area contributed by atoms with Gasteiger partial charge in [-0.3, -0.25) is 0 Å². The number of fused-ring (bicyclic) bond motifs is 2. The SMILES string of the molecule is Oc1ccc2ccccc2c1C(c1ccco1)c1c(O)ccc2ccccc12. The van der Waals surface area contributed by atoms with Gasteiger partial charge in [-0.25, -0.2) is 0 Å². The molecule has 136 valence electrons. The third-order valence-electron chi connectivity index (χ3n) is 5.30. The van der Waals surface area contributed by atoms with E-state index in [-0.39, 0.29) is 11.5 Å². The lowest BCUT2D eigenvalue weighted by atomic mass is 9.82. The van der Waals surface area contributed by atoms with Gasteiger partial charge in [-0.05, 0) is 45.8 Å². The molecule has 0 aliphatic carbocycles. The van der Waals surface area contributed by atoms with Crippen molar-refractivity contribution in [1.29, 1.82) is 0 Å². The molecule has 4 aromatic carbocycles. The molecule has 28 heavy (non-hydrogen) atoms. The van der Waals surface area contributed by atoms with Gasteiger partial charge in [0, 0.05) is 11.1 Å². The molecule has 0 bridgehead atoms. The molecule has 1 aromatic heterocycles. The van der Waals surface area contributed by atoms with Crippen LogP contribution in [0.15, 0.2) is 95.6 Å². The van der Waals surface area contributed by atoms with Crippen LogP contribution in [0.1, 0.15) is 22.8 Å². The smallest absolute Gasteiger partial charge is 0.120 e. The maximum atomic E-state index is 10.9. The lowest BCUT2D eigenvalue weighted by Crippen LogP contribution is -2.05. The Kier molecular flexibility index (Phi) is 3.80. The molecule has 0 aliphatic rings. The molecule has 0 atom stereocenters. The van der Waals surface area contributed by atoms with Crippen molar-refractivity contribution in [3.63, 3.8) is 0 Å². The molecule has 5 rings (SSSR count). The highest BCUT2D eigenvalue weighted by Crippen LogP contribution is 2.46. The Balaban J connectivity index is 1.92. The minimum Gasteiger partial charge on any atom is -0.508 e. The number of phenolic OH excluding ortho intramolecular Hbond substituents is 2. The van der Waals surface area contributed by atoms with Crippen molar-refractivity contribution in [3.8, 4) is 11.5 Å². The van der Waals surface area contributed by atoms with Crippen LogP contribution in [0.4, 0.5) is 0 Å². The molecule has 0 radical (unpaired) electrons. The van der Waals surface area contributed by atoms with E-state index in [4.69, 9.17) is 4.42 Å². The van der Waals surface area contributed by atoms with Crippen molar-refractivity contribution >= 4 is 21.5 Å². The number of furan rings is 1. The largest absolute Gasteiger partial charge is 0.508 e. The summed E-state index contributed by atoms with van der Waals surface area (Å²) in [6.07, 6.45) is 1.62. The Morgan fingerprint density at radius 3 is 1.61 bits per heavy atom. The zero-order valence-corrected chi connectivity index (χ0v) is 15.0. The van der Waals surface area contributed by atoms with Crippen molar-refractivity contribution in [3.05, 3.63) is 108 Å². The van der Waals surface area contributed by atoms with Gasteiger partial charge < -0.3 is 14.6 Å². The highest BCUT2D eigenvalue weighted by Gasteiger charge is 2.28. The fourth-order valence-corrected chi connectivity index (χ4v) is 4.06. The summed E-state index contributed by atoms with van der Waals surface area (Å²) < 4.78 is 5.79. The predicted octanol–water partition coefficient (Wildman–Crippen LogP) is 6.18. The molecule has 3 nitrogen and oxygen atoms in total. The summed E-state index contributed by atoms with van der Waals surface area (Å²) in [5.74, 6) is 0.561. The van der Waals surface area contributed by atoms with Gasteiger partial charge in [-0.15, -0.1) is 0 Å². The number of phenols is 2. The summed E-state index contributed by atoms with van der Waals surface area (Å²) in [6.45, 7) is 0. The molecule has 5 aromatic rings. The molecule has 0 fully saturated rings. The van der Waals surface area contributed by atoms with Crippen LogP contribution in [-0.4, -0.2) is 10.2 Å². The van der Waals surface area contributed by atoms with Gasteiger partial charge >= 0.3 is 0 Å². The summed E-state index contributed by atoms with van der Waals surface area (Å²) in [7, 11) is 0. The summed E-state index contributed by atoms with van der Waals surface area (Å²) in [5.41, 5.74) is 1.44. The van der Waals surface area contributed by atoms with Gasteiger partial charge in [0.05, 0.1) is 12.2 Å². The quantitative estimate of drug-likeness (QED) is 0.401. The molecule has 0 saturated heterocycles. The van der Waals surface area contributed by atoms with Crippen LogP contribution in [0.2, 0.25) is 0 Å². The Morgan fingerprint density at radius 2 is 1.11 bits per heavy atom. The minimum absolute atomic E-state index is 0.174. The van der Waals surface area contributed by atoms with E-state index in [1.807, 2.05) is 72.8 Å². The van der Waals surface area contributed by atoms with E-state index in [2.05, 4.69) is 0 Å². The van der Waals surface area contributed by atoms with E-state index in [0.29, 0.717) is 5.76 Å². The topological polar surface area (TPSA) is 53.6 Å². The second kappa shape index (κ2) is 6.46. The lowest BCUT2D eigenvalue weighted by molar-refractivity contribution is 0.446. The fraction of sp³-hybridized carbons (Fsp3) is 0.0400. The molecule has 2 N–H and O–H groups in total. The Bertz CT molecular complexity index is 1200. The first-order valence-electron chi connectivity index (χ1n) is 9.18. The van der Waals surface area contributed by atoms with Crippen LogP contribution in [0.25, 0.3) is 21.5 Å². The zero-order valence-electron chi connectivity index (χ0n) is 15.0. The van der Waals surface area contributed by atoms with Crippen LogP contribution >= 0.6 is 0 Å². The summed E-state index contributed by atoms with van der Waals surface area (Å²) in [6, 6.07) is 26.8. The van der Waals surface area contributed by atoms with Gasteiger partial charge in [0.2, 0.25) is 0 Å². The van der Waals surface area contributed by atoms with Crippen molar-refractivity contribution in [2.45, 2.75) is 5.92 Å². The number of rotatable bonds is 3. The molecule has 0 saturated carbocycles. The van der Waals surface area contributed by atoms with E-state index in [9.17, 15) is 10.2 Å². The van der Waals surface area contributed by atoms with Crippen LogP contribution in [0.3, 0.4) is 0 Å². The highest BCUT2D eigenvalue weighted by molar-refractivity contribution is 5.93. The highest BCUT2D eigenvalue weighted by atomic mass is 16.3. The van der Waals surface area contributed by atoms with E-state index < -0.39 is 5.92 Å². The van der Waals surface area contributed by atoms with E-state index >= 15 is 0 Å². The first-order valence-corrected chi connectivity index (χ1v) is 9.18. The Morgan fingerprint density at radius 1 is 0.571 bits per heavy atom. The third kappa shape index (κ3) is 2.52. The number of hydrogen-bond donors (Lipinski definition) is 2. The number of aromatic hydroxyl groups is 2. The standard InChI is InChI=1S/C25H18O3/c26-20-13-11-16-6-1-3-8-18(16)23(20)25(22-10-5-15-28-22)24-19-9-4-2-7-17(19)12-14-21(24)27/h1-15,25-27H. The molecule has 0 amide bonds. The summed E-state index contributed by atoms with van der Waals surface area (Å²) in [5, 5.41) is 25.7. The van der Waals surface area contributed by atoms with Crippen molar-refractivity contribution < 1.29 is 14.6 Å². The second-order valence-electron chi connectivity index (χ2n) is 6.89. The maximum Gasteiger partial charge on any atom is 0.120 e. The molecule has 0 aliphatic heterocycles. The zero-order chi connectivity index (χ0) is 19.1. The van der Waals surface area contributed by atoms with Gasteiger partial charge in [0.25, 0.3) is 0 Å². The summed E-state index contributed by atoms with van der Waals surface area (Å²) >= 11 is 0. The third-order valence-corrected chi connectivity index (χ3v) is 5.30. The Hall–Kier alpha value is -3.72. The normalized spacial score (nSPS) is 11.5. The van der Waals surface area contributed by atoms with E-state index in [1.165, 1.54) is 0 Å². The average Bonchev–Trinajstić information content (AvgIpc) is 3.26. The van der Waals surface area contributed by atoms with Crippen LogP contribution in [-0.2, 0) is 0 Å².